The van der Waals surface area contributed by atoms with E-state index in [0.717, 1.165) is 22.7 Å². The lowest BCUT2D eigenvalue weighted by Gasteiger charge is -2.03. The Morgan fingerprint density at radius 3 is 2.86 bits per heavy atom. The van der Waals surface area contributed by atoms with Gasteiger partial charge in [-0.3, -0.25) is 4.98 Å². The molecule has 114 valence electrons. The van der Waals surface area contributed by atoms with Gasteiger partial charge in [-0.2, -0.15) is 0 Å². The molecule has 0 amide bonds. The second-order valence-electron chi connectivity index (χ2n) is 4.57. The van der Waals surface area contributed by atoms with Gasteiger partial charge in [0.15, 0.2) is 0 Å². The molecule has 8 heteroatoms. The number of ether oxygens (including phenoxy) is 1. The van der Waals surface area contributed by atoms with E-state index in [0.29, 0.717) is 25.3 Å². The normalized spacial score (nSPS) is 11.5. The molecule has 6 nitrogen and oxygen atoms in total. The van der Waals surface area contributed by atoms with Gasteiger partial charge < -0.3 is 4.74 Å². The van der Waals surface area contributed by atoms with Crippen molar-refractivity contribution >= 4 is 21.4 Å². The summed E-state index contributed by atoms with van der Waals surface area (Å²) in [5, 5.41) is 2.76. The molecular formula is C13H17N3O3S2. The summed E-state index contributed by atoms with van der Waals surface area (Å²) >= 11 is 1.50. The molecule has 0 spiro atoms. The van der Waals surface area contributed by atoms with E-state index in [4.69, 9.17) is 4.74 Å². The first-order valence-electron chi connectivity index (χ1n) is 6.36. The van der Waals surface area contributed by atoms with Crippen molar-refractivity contribution in [2.75, 3.05) is 12.8 Å². The molecule has 2 aromatic rings. The Hall–Kier alpha value is -1.51. The maximum Gasteiger partial charge on any atom is 0.208 e. The largest absolute Gasteiger partial charge is 0.485 e. The monoisotopic (exact) mass is 327 g/mol. The number of aryl methyl sites for hydroxylation is 1. The summed E-state index contributed by atoms with van der Waals surface area (Å²) in [6.45, 7) is 2.65. The number of hydrogen-bond donors (Lipinski definition) is 1. The Morgan fingerprint density at radius 2 is 2.19 bits per heavy atom. The van der Waals surface area contributed by atoms with Gasteiger partial charge in [-0.05, 0) is 19.1 Å². The van der Waals surface area contributed by atoms with Gasteiger partial charge in [0.05, 0.1) is 18.1 Å². The van der Waals surface area contributed by atoms with Gasteiger partial charge in [0, 0.05) is 24.0 Å². The van der Waals surface area contributed by atoms with Gasteiger partial charge in [-0.25, -0.2) is 18.1 Å². The standard InChI is InChI=1S/C13H17N3O3S2/c1-10-3-4-12(7-14-10)19-8-13-16-11(9-20-13)5-6-15-21(2,17)18/h3-4,7,9,15H,5-6,8H2,1-2H3. The molecule has 0 fully saturated rings. The van der Waals surface area contributed by atoms with E-state index >= 15 is 0 Å². The van der Waals surface area contributed by atoms with E-state index in [1.165, 1.54) is 11.3 Å². The third-order valence-electron chi connectivity index (χ3n) is 2.59. The van der Waals surface area contributed by atoms with E-state index in [1.807, 2.05) is 24.4 Å². The van der Waals surface area contributed by atoms with E-state index in [-0.39, 0.29) is 0 Å². The van der Waals surface area contributed by atoms with Crippen molar-refractivity contribution in [1.82, 2.24) is 14.7 Å². The Labute approximate surface area is 128 Å². The molecule has 0 aliphatic carbocycles. The van der Waals surface area contributed by atoms with Crippen molar-refractivity contribution in [3.8, 4) is 5.75 Å². The number of hydrogen-bond acceptors (Lipinski definition) is 6. The van der Waals surface area contributed by atoms with Crippen LogP contribution in [0.2, 0.25) is 0 Å². The predicted molar refractivity (Wildman–Crippen MR) is 82.0 cm³/mol. The zero-order valence-electron chi connectivity index (χ0n) is 11.9. The zero-order chi connectivity index (χ0) is 15.3. The van der Waals surface area contributed by atoms with Crippen molar-refractivity contribution in [2.24, 2.45) is 0 Å². The average Bonchev–Trinajstić information content (AvgIpc) is 2.85. The SMILES string of the molecule is Cc1ccc(OCc2nc(CCNS(C)(=O)=O)cs2)cn1. The fourth-order valence-corrected chi connectivity index (χ4v) is 2.79. The number of rotatable bonds is 7. The molecule has 2 rings (SSSR count). The lowest BCUT2D eigenvalue weighted by Crippen LogP contribution is -2.24. The summed E-state index contributed by atoms with van der Waals surface area (Å²) in [5.74, 6) is 0.705. The molecule has 0 atom stereocenters. The van der Waals surface area contributed by atoms with Crippen LogP contribution in [-0.4, -0.2) is 31.2 Å². The summed E-state index contributed by atoms with van der Waals surface area (Å²) in [5.41, 5.74) is 1.80. The number of pyridine rings is 1. The molecular weight excluding hydrogens is 310 g/mol. The molecule has 0 bridgehead atoms. The molecule has 0 unspecified atom stereocenters. The molecule has 0 aromatic carbocycles. The highest BCUT2D eigenvalue weighted by molar-refractivity contribution is 7.88. The third-order valence-corrected chi connectivity index (χ3v) is 4.19. The number of thiazole rings is 1. The fourth-order valence-electron chi connectivity index (χ4n) is 1.58. The minimum atomic E-state index is -3.14. The topological polar surface area (TPSA) is 81.2 Å². The van der Waals surface area contributed by atoms with E-state index in [1.54, 1.807) is 6.20 Å². The van der Waals surface area contributed by atoms with Gasteiger partial charge in [0.1, 0.15) is 17.4 Å². The van der Waals surface area contributed by atoms with Crippen molar-refractivity contribution in [2.45, 2.75) is 20.0 Å². The van der Waals surface area contributed by atoms with Crippen LogP contribution in [0.5, 0.6) is 5.75 Å². The van der Waals surface area contributed by atoms with Crippen LogP contribution in [0, 0.1) is 6.92 Å². The van der Waals surface area contributed by atoms with Crippen molar-refractivity contribution in [3.05, 3.63) is 40.1 Å². The van der Waals surface area contributed by atoms with Crippen LogP contribution in [0.25, 0.3) is 0 Å². The number of nitrogens with zero attached hydrogens (tertiary/aromatic N) is 2. The molecule has 21 heavy (non-hydrogen) atoms. The minimum Gasteiger partial charge on any atom is -0.485 e. The lowest BCUT2D eigenvalue weighted by molar-refractivity contribution is 0.304. The quantitative estimate of drug-likeness (QED) is 0.834. The van der Waals surface area contributed by atoms with Crippen LogP contribution in [0.3, 0.4) is 0 Å². The Kier molecular flexibility index (Phi) is 5.27. The second-order valence-corrected chi connectivity index (χ2v) is 7.35. The van der Waals surface area contributed by atoms with Crippen LogP contribution in [0.15, 0.2) is 23.7 Å². The van der Waals surface area contributed by atoms with E-state index < -0.39 is 10.0 Å². The first kappa shape index (κ1) is 15.9. The maximum absolute atomic E-state index is 11.0. The van der Waals surface area contributed by atoms with Crippen molar-refractivity contribution in [3.63, 3.8) is 0 Å². The van der Waals surface area contributed by atoms with Crippen molar-refractivity contribution in [1.29, 1.82) is 0 Å². The fraction of sp³-hybridized carbons (Fsp3) is 0.385. The summed E-state index contributed by atoms with van der Waals surface area (Å²) in [4.78, 5) is 8.55. The van der Waals surface area contributed by atoms with Crippen LogP contribution >= 0.6 is 11.3 Å². The van der Waals surface area contributed by atoms with Gasteiger partial charge in [-0.15, -0.1) is 11.3 Å². The number of sulfonamides is 1. The van der Waals surface area contributed by atoms with Crippen LogP contribution in [0.4, 0.5) is 0 Å². The van der Waals surface area contributed by atoms with Gasteiger partial charge in [0.25, 0.3) is 0 Å². The van der Waals surface area contributed by atoms with Crippen LogP contribution < -0.4 is 9.46 Å². The molecule has 1 N–H and O–H groups in total. The van der Waals surface area contributed by atoms with Crippen molar-refractivity contribution < 1.29 is 13.2 Å². The molecule has 0 radical (unpaired) electrons. The van der Waals surface area contributed by atoms with Gasteiger partial charge in [0.2, 0.25) is 10.0 Å². The van der Waals surface area contributed by atoms with Crippen LogP contribution in [0.1, 0.15) is 16.4 Å². The molecule has 2 aromatic heterocycles. The highest BCUT2D eigenvalue weighted by atomic mass is 32.2. The summed E-state index contributed by atoms with van der Waals surface area (Å²) in [6, 6.07) is 3.76. The Balaban J connectivity index is 1.81. The summed E-state index contributed by atoms with van der Waals surface area (Å²) in [6.07, 6.45) is 3.39. The maximum atomic E-state index is 11.0. The first-order valence-corrected chi connectivity index (χ1v) is 9.13. The van der Waals surface area contributed by atoms with E-state index in [2.05, 4.69) is 14.7 Å². The van der Waals surface area contributed by atoms with E-state index in [9.17, 15) is 8.42 Å². The van der Waals surface area contributed by atoms with Crippen LogP contribution in [-0.2, 0) is 23.1 Å². The smallest absolute Gasteiger partial charge is 0.208 e. The molecule has 0 aliphatic heterocycles. The minimum absolute atomic E-state index is 0.352. The third kappa shape index (κ3) is 5.78. The highest BCUT2D eigenvalue weighted by Gasteiger charge is 2.05. The van der Waals surface area contributed by atoms with Gasteiger partial charge >= 0.3 is 0 Å². The molecule has 0 aliphatic rings. The number of nitrogens with one attached hydrogen (secondary N) is 1. The Morgan fingerprint density at radius 1 is 1.38 bits per heavy atom. The predicted octanol–water partition coefficient (Wildman–Crippen LogP) is 1.52. The highest BCUT2D eigenvalue weighted by Crippen LogP contribution is 2.15. The van der Waals surface area contributed by atoms with Gasteiger partial charge in [-0.1, -0.05) is 0 Å². The zero-order valence-corrected chi connectivity index (χ0v) is 13.5. The summed E-state index contributed by atoms with van der Waals surface area (Å²) in [7, 11) is -3.14. The Bertz CT molecular complexity index is 681. The molecule has 0 saturated carbocycles. The lowest BCUT2D eigenvalue weighted by atomic mass is 10.3. The second kappa shape index (κ2) is 6.97. The first-order chi connectivity index (χ1) is 9.92. The number of aromatic nitrogens is 2. The summed E-state index contributed by atoms with van der Waals surface area (Å²) < 4.78 is 29.9. The average molecular weight is 327 g/mol. The molecule has 0 saturated heterocycles. The molecule has 2 heterocycles.